The van der Waals surface area contributed by atoms with Gasteiger partial charge in [0.2, 0.25) is 21.8 Å². The Morgan fingerprint density at radius 1 is 0.952 bits per heavy atom. The number of carbonyl (C=O) groups excluding carboxylic acids is 2. The Morgan fingerprint density at radius 2 is 1.62 bits per heavy atom. The molecule has 0 radical (unpaired) electrons. The first kappa shape index (κ1) is 31.4. The van der Waals surface area contributed by atoms with Gasteiger partial charge < -0.3 is 15.0 Å². The number of benzene rings is 3. The summed E-state index contributed by atoms with van der Waals surface area (Å²) in [4.78, 5) is 28.5. The third kappa shape index (κ3) is 8.97. The first-order valence-electron chi connectivity index (χ1n) is 14.2. The van der Waals surface area contributed by atoms with Crippen molar-refractivity contribution in [1.29, 1.82) is 0 Å². The number of anilines is 1. The molecule has 0 heterocycles. The summed E-state index contributed by atoms with van der Waals surface area (Å²) in [5, 5.41) is 3.60. The van der Waals surface area contributed by atoms with Crippen molar-refractivity contribution in [3.05, 3.63) is 95.0 Å². The van der Waals surface area contributed by atoms with Crippen LogP contribution in [-0.2, 0) is 32.8 Å². The highest BCUT2D eigenvalue weighted by Gasteiger charge is 2.31. The van der Waals surface area contributed by atoms with Crippen molar-refractivity contribution < 1.29 is 22.7 Å². The fourth-order valence-corrected chi connectivity index (χ4v) is 6.11. The van der Waals surface area contributed by atoms with Gasteiger partial charge in [0, 0.05) is 17.6 Å². The third-order valence-corrected chi connectivity index (χ3v) is 8.79. The van der Waals surface area contributed by atoms with Gasteiger partial charge in [-0.05, 0) is 67.3 Å². The molecule has 0 saturated heterocycles. The zero-order chi connectivity index (χ0) is 30.1. The van der Waals surface area contributed by atoms with Crippen LogP contribution in [-0.4, -0.2) is 50.0 Å². The van der Waals surface area contributed by atoms with E-state index in [1.165, 1.54) is 4.90 Å². The van der Waals surface area contributed by atoms with Crippen LogP contribution in [0.5, 0.6) is 5.75 Å². The monoisotopic (exact) mass is 611 g/mol. The topological polar surface area (TPSA) is 96.0 Å². The van der Waals surface area contributed by atoms with Gasteiger partial charge >= 0.3 is 0 Å². The molecule has 8 nitrogen and oxygen atoms in total. The average molecular weight is 612 g/mol. The lowest BCUT2D eigenvalue weighted by molar-refractivity contribution is -0.139. The van der Waals surface area contributed by atoms with E-state index in [9.17, 15) is 18.0 Å². The van der Waals surface area contributed by atoms with Crippen molar-refractivity contribution in [3.63, 3.8) is 0 Å². The minimum Gasteiger partial charge on any atom is -0.489 e. The van der Waals surface area contributed by atoms with Crippen molar-refractivity contribution in [3.8, 4) is 5.75 Å². The van der Waals surface area contributed by atoms with Crippen LogP contribution in [0.25, 0.3) is 0 Å². The first-order valence-corrected chi connectivity index (χ1v) is 16.4. The molecule has 1 atom stereocenters. The number of ether oxygens (including phenoxy) is 1. The van der Waals surface area contributed by atoms with Gasteiger partial charge in [-0.3, -0.25) is 13.9 Å². The van der Waals surface area contributed by atoms with E-state index in [4.69, 9.17) is 16.3 Å². The molecule has 4 rings (SSSR count). The minimum atomic E-state index is -3.84. The predicted molar refractivity (Wildman–Crippen MR) is 166 cm³/mol. The van der Waals surface area contributed by atoms with Gasteiger partial charge in [0.25, 0.3) is 0 Å². The van der Waals surface area contributed by atoms with E-state index < -0.39 is 28.5 Å². The molecule has 1 fully saturated rings. The zero-order valence-electron chi connectivity index (χ0n) is 24.0. The molecular weight excluding hydrogens is 574 g/mol. The summed E-state index contributed by atoms with van der Waals surface area (Å²) >= 11 is 6.19. The number of sulfonamides is 1. The van der Waals surface area contributed by atoms with Crippen LogP contribution in [0.3, 0.4) is 0 Å². The number of hydrogen-bond donors (Lipinski definition) is 1. The van der Waals surface area contributed by atoms with Gasteiger partial charge in [0.05, 0.1) is 11.9 Å². The number of amides is 2. The maximum atomic E-state index is 13.8. The smallest absolute Gasteiger partial charge is 0.244 e. The highest BCUT2D eigenvalue weighted by molar-refractivity contribution is 7.92. The van der Waals surface area contributed by atoms with Crippen molar-refractivity contribution in [1.82, 2.24) is 10.2 Å². The number of nitrogens with zero attached hydrogens (tertiary/aromatic N) is 2. The van der Waals surface area contributed by atoms with E-state index in [1.54, 1.807) is 49.4 Å². The fraction of sp³-hybridized carbons (Fsp3) is 0.375. The maximum absolute atomic E-state index is 13.8. The summed E-state index contributed by atoms with van der Waals surface area (Å²) in [6.07, 6.45) is 6.15. The molecular formula is C32H38ClN3O5S. The highest BCUT2D eigenvalue weighted by atomic mass is 35.5. The van der Waals surface area contributed by atoms with Gasteiger partial charge in [0.15, 0.2) is 0 Å². The molecule has 2 amide bonds. The summed E-state index contributed by atoms with van der Waals surface area (Å²) < 4.78 is 32.6. The molecule has 42 heavy (non-hydrogen) atoms. The van der Waals surface area contributed by atoms with Gasteiger partial charge in [0.1, 0.15) is 24.9 Å². The molecule has 0 aliphatic heterocycles. The molecule has 224 valence electrons. The Labute approximate surface area is 253 Å². The molecule has 3 aromatic rings. The van der Waals surface area contributed by atoms with Crippen LogP contribution in [0.2, 0.25) is 5.02 Å². The average Bonchev–Trinajstić information content (AvgIpc) is 2.98. The highest BCUT2D eigenvalue weighted by Crippen LogP contribution is 2.24. The lowest BCUT2D eigenvalue weighted by Gasteiger charge is -2.33. The molecule has 0 bridgehead atoms. The van der Waals surface area contributed by atoms with Crippen LogP contribution < -0.4 is 14.4 Å². The van der Waals surface area contributed by atoms with E-state index in [1.807, 2.05) is 36.4 Å². The van der Waals surface area contributed by atoms with E-state index in [0.717, 1.165) is 53.8 Å². The second kappa shape index (κ2) is 14.6. The SMILES string of the molecule is CC(C(=O)NC1CCCCC1)N(Cc1cccc(Cl)c1)C(=O)CN(c1ccc(OCc2ccccc2)cc1)S(C)(=O)=O. The molecule has 0 aromatic heterocycles. The van der Waals surface area contributed by atoms with Crippen LogP contribution >= 0.6 is 11.6 Å². The molecule has 1 unspecified atom stereocenters. The Hall–Kier alpha value is -3.56. The first-order chi connectivity index (χ1) is 20.1. The minimum absolute atomic E-state index is 0.0759. The summed E-state index contributed by atoms with van der Waals surface area (Å²) in [5.41, 5.74) is 2.06. The lowest BCUT2D eigenvalue weighted by Crippen LogP contribution is -2.52. The summed E-state index contributed by atoms with van der Waals surface area (Å²) in [6.45, 7) is 1.67. The Bertz CT molecular complexity index is 1440. The third-order valence-electron chi connectivity index (χ3n) is 7.41. The fourth-order valence-electron chi connectivity index (χ4n) is 5.05. The normalized spacial score (nSPS) is 14.5. The van der Waals surface area contributed by atoms with E-state index >= 15 is 0 Å². The van der Waals surface area contributed by atoms with Crippen molar-refractivity contribution in [2.45, 2.75) is 64.3 Å². The Balaban J connectivity index is 1.52. The molecule has 1 N–H and O–H groups in total. The standard InChI is InChI=1S/C32H38ClN3O5S/c1-24(32(38)34-28-14-7-4-8-15-28)35(21-26-12-9-13-27(33)20-26)31(37)22-36(42(2,39)40)29-16-18-30(19-17-29)41-23-25-10-5-3-6-11-25/h3,5-6,9-13,16-20,24,28H,4,7-8,14-15,21-23H2,1-2H3,(H,34,38). The van der Waals surface area contributed by atoms with E-state index in [-0.39, 0.29) is 18.5 Å². The van der Waals surface area contributed by atoms with Crippen LogP contribution in [0.4, 0.5) is 5.69 Å². The van der Waals surface area contributed by atoms with Gasteiger partial charge in [-0.2, -0.15) is 0 Å². The molecule has 10 heteroatoms. The summed E-state index contributed by atoms with van der Waals surface area (Å²) in [7, 11) is -3.84. The largest absolute Gasteiger partial charge is 0.489 e. The zero-order valence-corrected chi connectivity index (χ0v) is 25.6. The molecule has 0 spiro atoms. The molecule has 1 aliphatic carbocycles. The van der Waals surface area contributed by atoms with Gasteiger partial charge in [-0.25, -0.2) is 8.42 Å². The van der Waals surface area contributed by atoms with Crippen LogP contribution in [0.1, 0.15) is 50.2 Å². The van der Waals surface area contributed by atoms with Gasteiger partial charge in [-0.15, -0.1) is 0 Å². The number of hydrogen-bond acceptors (Lipinski definition) is 5. The summed E-state index contributed by atoms with van der Waals surface area (Å²) in [5.74, 6) is -0.197. The second-order valence-electron chi connectivity index (χ2n) is 10.7. The van der Waals surface area contributed by atoms with Crippen molar-refractivity contribution >= 4 is 39.1 Å². The van der Waals surface area contributed by atoms with Gasteiger partial charge in [-0.1, -0.05) is 73.3 Å². The molecule has 1 aliphatic rings. The number of carbonyl (C=O) groups is 2. The number of halogens is 1. The Morgan fingerprint density at radius 3 is 2.26 bits per heavy atom. The number of nitrogens with one attached hydrogen (secondary N) is 1. The lowest BCUT2D eigenvalue weighted by atomic mass is 9.95. The Kier molecular flexibility index (Phi) is 10.9. The van der Waals surface area contributed by atoms with Crippen LogP contribution in [0, 0.1) is 0 Å². The van der Waals surface area contributed by atoms with Crippen molar-refractivity contribution in [2.75, 3.05) is 17.1 Å². The number of rotatable bonds is 12. The second-order valence-corrected chi connectivity index (χ2v) is 13.1. The molecule has 1 saturated carbocycles. The van der Waals surface area contributed by atoms with Crippen molar-refractivity contribution in [2.24, 2.45) is 0 Å². The van der Waals surface area contributed by atoms with E-state index in [2.05, 4.69) is 5.32 Å². The maximum Gasteiger partial charge on any atom is 0.244 e. The quantitative estimate of drug-likeness (QED) is 0.290. The van der Waals surface area contributed by atoms with Crippen LogP contribution in [0.15, 0.2) is 78.9 Å². The van der Waals surface area contributed by atoms with E-state index in [0.29, 0.717) is 23.1 Å². The molecule has 3 aromatic carbocycles. The predicted octanol–water partition coefficient (Wildman–Crippen LogP) is 5.55. The summed E-state index contributed by atoms with van der Waals surface area (Å²) in [6, 6.07) is 22.6.